The summed E-state index contributed by atoms with van der Waals surface area (Å²) in [7, 11) is 0. The van der Waals surface area contributed by atoms with Gasteiger partial charge in [-0.25, -0.2) is 19.2 Å². The molecule has 7 nitrogen and oxygen atoms in total. The number of anilines is 2. The highest BCUT2D eigenvalue weighted by Gasteiger charge is 2.32. The van der Waals surface area contributed by atoms with Crippen molar-refractivity contribution in [2.24, 2.45) is 5.73 Å². The quantitative estimate of drug-likeness (QED) is 0.873. The molecule has 3 fully saturated rings. The predicted octanol–water partition coefficient (Wildman–Crippen LogP) is 0.852. The minimum Gasteiger partial charge on any atom is -0.443 e. The summed E-state index contributed by atoms with van der Waals surface area (Å²) >= 11 is 0. The molecule has 0 radical (unpaired) electrons. The van der Waals surface area contributed by atoms with Crippen LogP contribution in [0.1, 0.15) is 6.42 Å². The Balaban J connectivity index is 1.49. The van der Waals surface area contributed by atoms with Crippen molar-refractivity contribution in [3.05, 3.63) is 24.0 Å². The van der Waals surface area contributed by atoms with Gasteiger partial charge in [0.25, 0.3) is 0 Å². The standard InChI is InChI=1S/C17H24FN5O2/c18-15-10-13(23-12-14(11-19)25-17(23)24)2-3-16(15)20-6-8-21-4-1-5-22(21)9-7-20/h2-3,10,14H,1,4-9,11-12,19H2/t14-/m0/s1. The summed E-state index contributed by atoms with van der Waals surface area (Å²) in [5, 5.41) is 4.72. The van der Waals surface area contributed by atoms with E-state index in [-0.39, 0.29) is 18.5 Å². The molecule has 0 bridgehead atoms. The second kappa shape index (κ2) is 6.78. The number of benzene rings is 1. The van der Waals surface area contributed by atoms with Crippen LogP contribution in [-0.2, 0) is 4.74 Å². The molecule has 1 atom stereocenters. The van der Waals surface area contributed by atoms with Crippen molar-refractivity contribution in [2.75, 3.05) is 62.2 Å². The first-order valence-electron chi connectivity index (χ1n) is 8.88. The number of amides is 1. The molecule has 0 saturated carbocycles. The summed E-state index contributed by atoms with van der Waals surface area (Å²) in [4.78, 5) is 15.4. The van der Waals surface area contributed by atoms with Crippen molar-refractivity contribution in [3.63, 3.8) is 0 Å². The first-order valence-corrected chi connectivity index (χ1v) is 8.88. The molecule has 3 aliphatic heterocycles. The van der Waals surface area contributed by atoms with Gasteiger partial charge in [-0.2, -0.15) is 0 Å². The number of nitrogens with two attached hydrogens (primary N) is 1. The Morgan fingerprint density at radius 2 is 1.84 bits per heavy atom. The molecule has 2 N–H and O–H groups in total. The number of cyclic esters (lactones) is 1. The molecule has 3 heterocycles. The molecular formula is C17H24FN5O2. The number of fused-ring (bicyclic) bond motifs is 1. The van der Waals surface area contributed by atoms with Gasteiger partial charge >= 0.3 is 6.09 Å². The van der Waals surface area contributed by atoms with Crippen molar-refractivity contribution in [2.45, 2.75) is 12.5 Å². The van der Waals surface area contributed by atoms with Crippen LogP contribution in [0.25, 0.3) is 0 Å². The number of ether oxygens (including phenoxy) is 1. The highest BCUT2D eigenvalue weighted by Crippen LogP contribution is 2.28. The van der Waals surface area contributed by atoms with Crippen molar-refractivity contribution in [1.82, 2.24) is 10.0 Å². The number of hydrazine groups is 1. The third kappa shape index (κ3) is 3.17. The lowest BCUT2D eigenvalue weighted by Crippen LogP contribution is -2.37. The summed E-state index contributed by atoms with van der Waals surface area (Å²) in [6, 6.07) is 4.96. The van der Waals surface area contributed by atoms with Crippen molar-refractivity contribution < 1.29 is 13.9 Å². The molecule has 8 heteroatoms. The van der Waals surface area contributed by atoms with E-state index in [9.17, 15) is 9.18 Å². The third-order valence-corrected chi connectivity index (χ3v) is 5.21. The van der Waals surface area contributed by atoms with Crippen LogP contribution >= 0.6 is 0 Å². The number of carbonyl (C=O) groups excluding carboxylic acids is 1. The van der Waals surface area contributed by atoms with Gasteiger partial charge in [-0.3, -0.25) is 4.90 Å². The monoisotopic (exact) mass is 349 g/mol. The molecule has 1 amide bonds. The van der Waals surface area contributed by atoms with Crippen molar-refractivity contribution in [3.8, 4) is 0 Å². The molecule has 0 aromatic heterocycles. The first kappa shape index (κ1) is 16.6. The van der Waals surface area contributed by atoms with E-state index in [0.29, 0.717) is 17.9 Å². The van der Waals surface area contributed by atoms with Gasteiger partial charge in [0.2, 0.25) is 0 Å². The van der Waals surface area contributed by atoms with E-state index in [1.807, 2.05) is 0 Å². The van der Waals surface area contributed by atoms with Crippen LogP contribution in [0.4, 0.5) is 20.6 Å². The lowest BCUT2D eigenvalue weighted by atomic mass is 10.2. The minimum atomic E-state index is -0.467. The number of halogens is 1. The molecule has 3 aliphatic rings. The highest BCUT2D eigenvalue weighted by molar-refractivity contribution is 5.90. The summed E-state index contributed by atoms with van der Waals surface area (Å²) < 4.78 is 19.9. The Morgan fingerprint density at radius 3 is 2.44 bits per heavy atom. The molecule has 1 aromatic carbocycles. The average molecular weight is 349 g/mol. The summed E-state index contributed by atoms with van der Waals surface area (Å²) in [5.41, 5.74) is 6.66. The molecule has 3 saturated heterocycles. The Hall–Kier alpha value is -1.90. The van der Waals surface area contributed by atoms with E-state index < -0.39 is 6.09 Å². The predicted molar refractivity (Wildman–Crippen MR) is 93.0 cm³/mol. The minimum absolute atomic E-state index is 0.267. The van der Waals surface area contributed by atoms with Gasteiger partial charge in [-0.1, -0.05) is 0 Å². The lowest BCUT2D eigenvalue weighted by molar-refractivity contribution is 0.0439. The number of hydrogen-bond donors (Lipinski definition) is 1. The maximum atomic E-state index is 14.7. The smallest absolute Gasteiger partial charge is 0.414 e. The SMILES string of the molecule is NC[C@H]1CN(c2ccc(N3CCN4CCCN4CC3)c(F)c2)C(=O)O1. The second-order valence-corrected chi connectivity index (χ2v) is 6.74. The van der Waals surface area contributed by atoms with Gasteiger partial charge in [0.05, 0.1) is 17.9 Å². The number of carbonyl (C=O) groups is 1. The maximum Gasteiger partial charge on any atom is 0.414 e. The third-order valence-electron chi connectivity index (χ3n) is 5.21. The largest absolute Gasteiger partial charge is 0.443 e. The first-order chi connectivity index (χ1) is 12.2. The average Bonchev–Trinajstić information content (AvgIpc) is 3.17. The lowest BCUT2D eigenvalue weighted by Gasteiger charge is -2.24. The van der Waals surface area contributed by atoms with Crippen LogP contribution in [0, 0.1) is 5.82 Å². The van der Waals surface area contributed by atoms with Crippen LogP contribution in [0.3, 0.4) is 0 Å². The zero-order valence-corrected chi connectivity index (χ0v) is 14.2. The Kier molecular flexibility index (Phi) is 4.49. The molecule has 136 valence electrons. The van der Waals surface area contributed by atoms with Crippen LogP contribution in [-0.4, -0.2) is 74.6 Å². The van der Waals surface area contributed by atoms with E-state index in [0.717, 1.165) is 39.3 Å². The number of nitrogens with zero attached hydrogens (tertiary/aromatic N) is 4. The maximum absolute atomic E-state index is 14.7. The van der Waals surface area contributed by atoms with E-state index in [1.54, 1.807) is 12.1 Å². The van der Waals surface area contributed by atoms with Crippen molar-refractivity contribution >= 4 is 17.5 Å². The fourth-order valence-electron chi connectivity index (χ4n) is 3.83. The van der Waals surface area contributed by atoms with Gasteiger partial charge in [0, 0.05) is 45.8 Å². The normalized spacial score (nSPS) is 25.2. The van der Waals surface area contributed by atoms with Gasteiger partial charge in [0.15, 0.2) is 0 Å². The molecular weight excluding hydrogens is 325 g/mol. The zero-order chi connectivity index (χ0) is 17.4. The topological polar surface area (TPSA) is 65.3 Å². The summed E-state index contributed by atoms with van der Waals surface area (Å²) in [6.45, 7) is 6.24. The molecule has 25 heavy (non-hydrogen) atoms. The fourth-order valence-corrected chi connectivity index (χ4v) is 3.83. The van der Waals surface area contributed by atoms with E-state index >= 15 is 0 Å². The zero-order valence-electron chi connectivity index (χ0n) is 14.2. The Morgan fingerprint density at radius 1 is 1.12 bits per heavy atom. The molecule has 0 spiro atoms. The summed E-state index contributed by atoms with van der Waals surface area (Å²) in [5.74, 6) is -0.307. The molecule has 0 aliphatic carbocycles. The van der Waals surface area contributed by atoms with E-state index in [2.05, 4.69) is 14.9 Å². The van der Waals surface area contributed by atoms with Crippen LogP contribution in [0.2, 0.25) is 0 Å². The number of hydrogen-bond acceptors (Lipinski definition) is 6. The van der Waals surface area contributed by atoms with Gasteiger partial charge in [0.1, 0.15) is 11.9 Å². The van der Waals surface area contributed by atoms with Crippen LogP contribution < -0.4 is 15.5 Å². The van der Waals surface area contributed by atoms with Crippen LogP contribution in [0.5, 0.6) is 0 Å². The van der Waals surface area contributed by atoms with Crippen molar-refractivity contribution in [1.29, 1.82) is 0 Å². The molecule has 4 rings (SSSR count). The Bertz CT molecular complexity index is 644. The van der Waals surface area contributed by atoms with Gasteiger partial charge in [-0.15, -0.1) is 0 Å². The molecule has 0 unspecified atom stereocenters. The van der Waals surface area contributed by atoms with E-state index in [4.69, 9.17) is 10.5 Å². The second-order valence-electron chi connectivity index (χ2n) is 6.74. The summed E-state index contributed by atoms with van der Waals surface area (Å²) in [6.07, 6.45) is 0.410. The Labute approximate surface area is 146 Å². The van der Waals surface area contributed by atoms with Gasteiger partial charge in [-0.05, 0) is 24.6 Å². The van der Waals surface area contributed by atoms with E-state index in [1.165, 1.54) is 17.4 Å². The number of rotatable bonds is 3. The highest BCUT2D eigenvalue weighted by atomic mass is 19.1. The molecule has 1 aromatic rings. The fraction of sp³-hybridized carbons (Fsp3) is 0.588. The van der Waals surface area contributed by atoms with Crippen LogP contribution in [0.15, 0.2) is 18.2 Å². The van der Waals surface area contributed by atoms with Gasteiger partial charge < -0.3 is 15.4 Å².